The Labute approximate surface area is 195 Å². The maximum Gasteiger partial charge on any atom is 0.350 e. The zero-order valence-electron chi connectivity index (χ0n) is 16.9. The molecule has 0 fully saturated rings. The molecule has 3 rings (SSSR count). The van der Waals surface area contributed by atoms with Crippen molar-refractivity contribution in [1.29, 1.82) is 0 Å². The van der Waals surface area contributed by atoms with Crippen molar-refractivity contribution in [2.45, 2.75) is 0 Å². The lowest BCUT2D eigenvalue weighted by atomic mass is 10.1. The van der Waals surface area contributed by atoms with Crippen molar-refractivity contribution in [3.8, 4) is 11.5 Å². The number of carbonyl (C=O) groups is 2. The lowest BCUT2D eigenvalue weighted by Gasteiger charge is -2.10. The summed E-state index contributed by atoms with van der Waals surface area (Å²) < 4.78 is 142. The number of hydrogen-bond acceptors (Lipinski definition) is 6. The van der Waals surface area contributed by atoms with Gasteiger partial charge in [-0.1, -0.05) is 0 Å². The average Bonchev–Trinajstić information content (AvgIpc) is 2.88. The van der Waals surface area contributed by atoms with E-state index in [1.165, 1.54) is 0 Å². The van der Waals surface area contributed by atoms with Gasteiger partial charge in [-0.2, -0.15) is 17.6 Å². The van der Waals surface area contributed by atoms with Crippen LogP contribution in [0, 0.1) is 68.3 Å². The Morgan fingerprint density at radius 3 is 1.32 bits per heavy atom. The van der Waals surface area contributed by atoms with Crippen molar-refractivity contribution in [3.63, 3.8) is 0 Å². The van der Waals surface area contributed by atoms with Gasteiger partial charge in [0.25, 0.3) is 5.69 Å². The van der Waals surface area contributed by atoms with Gasteiger partial charge in [-0.15, -0.1) is 0 Å². The van der Waals surface area contributed by atoms with Gasteiger partial charge < -0.3 is 9.47 Å². The number of halogens is 10. The normalized spacial score (nSPS) is 10.9. The highest BCUT2D eigenvalue weighted by molar-refractivity contribution is 5.98. The number of benzene rings is 3. The molecule has 3 aromatic rings. The third kappa shape index (κ3) is 4.62. The summed E-state index contributed by atoms with van der Waals surface area (Å²) in [5, 5.41) is 11.3. The molecular weight excluding hydrogens is 540 g/mol. The molecule has 0 amide bonds. The van der Waals surface area contributed by atoms with Crippen molar-refractivity contribution >= 4 is 17.6 Å². The SMILES string of the molecule is O=C(Oc1c(F)c(F)c(F)c(F)c1F)c1ccc(C(=O)Oc2c(F)c(F)c(F)c(F)c2F)c([N+](=O)[O-])c1. The van der Waals surface area contributed by atoms with E-state index in [-0.39, 0.29) is 6.07 Å². The predicted octanol–water partition coefficient (Wildman–Crippen LogP) is 5.42. The lowest BCUT2D eigenvalue weighted by Crippen LogP contribution is -2.17. The smallest absolute Gasteiger partial charge is 0.350 e. The molecule has 3 aromatic carbocycles. The van der Waals surface area contributed by atoms with Gasteiger partial charge in [0.1, 0.15) is 5.56 Å². The second kappa shape index (κ2) is 9.75. The minimum absolute atomic E-state index is 0.156. The Morgan fingerprint density at radius 1 is 0.595 bits per heavy atom. The monoisotopic (exact) mass is 543 g/mol. The molecule has 0 aromatic heterocycles. The first-order valence-corrected chi connectivity index (χ1v) is 8.94. The Hall–Kier alpha value is -4.70. The molecule has 0 unspecified atom stereocenters. The topological polar surface area (TPSA) is 95.7 Å². The molecule has 7 nitrogen and oxygen atoms in total. The Kier molecular flexibility index (Phi) is 7.08. The standard InChI is InChI=1S/C20H3F10NO6/c21-7-9(23)13(27)17(14(28)10(7)24)36-19(32)4-1-2-5(6(3-4)31(34)35)20(33)37-18-15(29)11(25)8(22)12(26)16(18)30/h1-3H. The highest BCUT2D eigenvalue weighted by atomic mass is 19.2. The zero-order chi connectivity index (χ0) is 27.9. The van der Waals surface area contributed by atoms with E-state index in [4.69, 9.17) is 0 Å². The molecule has 194 valence electrons. The molecular formula is C20H3F10NO6. The molecule has 0 heterocycles. The zero-order valence-corrected chi connectivity index (χ0v) is 16.9. The van der Waals surface area contributed by atoms with Gasteiger partial charge in [0.05, 0.1) is 10.5 Å². The molecule has 37 heavy (non-hydrogen) atoms. The number of hydrogen-bond donors (Lipinski definition) is 0. The van der Waals surface area contributed by atoms with Gasteiger partial charge in [-0.3, -0.25) is 10.1 Å². The molecule has 0 spiro atoms. The highest BCUT2D eigenvalue weighted by Crippen LogP contribution is 2.32. The van der Waals surface area contributed by atoms with Crippen molar-refractivity contribution in [2.75, 3.05) is 0 Å². The number of ether oxygens (including phenoxy) is 2. The second-order valence-electron chi connectivity index (χ2n) is 6.57. The summed E-state index contributed by atoms with van der Waals surface area (Å²) in [5.41, 5.74) is -3.69. The van der Waals surface area contributed by atoms with Crippen LogP contribution in [0.25, 0.3) is 0 Å². The number of esters is 2. The molecule has 0 aliphatic heterocycles. The van der Waals surface area contributed by atoms with E-state index in [0.717, 1.165) is 0 Å². The van der Waals surface area contributed by atoms with Crippen molar-refractivity contribution < 1.29 is 67.9 Å². The predicted molar refractivity (Wildman–Crippen MR) is 95.5 cm³/mol. The van der Waals surface area contributed by atoms with Crippen LogP contribution in [0.1, 0.15) is 20.7 Å². The quantitative estimate of drug-likeness (QED) is 0.0811. The van der Waals surface area contributed by atoms with Gasteiger partial charge in [0.15, 0.2) is 0 Å². The molecule has 0 atom stereocenters. The van der Waals surface area contributed by atoms with Crippen molar-refractivity contribution in [2.24, 2.45) is 0 Å². The highest BCUT2D eigenvalue weighted by Gasteiger charge is 2.33. The van der Waals surface area contributed by atoms with Crippen LogP contribution in [0.15, 0.2) is 18.2 Å². The summed E-state index contributed by atoms with van der Waals surface area (Å²) in [4.78, 5) is 34.2. The van der Waals surface area contributed by atoms with Crippen LogP contribution in [0.2, 0.25) is 0 Å². The summed E-state index contributed by atoms with van der Waals surface area (Å²) in [6.07, 6.45) is 0. The van der Waals surface area contributed by atoms with E-state index in [9.17, 15) is 63.6 Å². The number of nitro groups is 1. The largest absolute Gasteiger partial charge is 0.416 e. The summed E-state index contributed by atoms with van der Waals surface area (Å²) in [6, 6.07) is 0.932. The van der Waals surface area contributed by atoms with Gasteiger partial charge in [-0.25, -0.2) is 35.9 Å². The van der Waals surface area contributed by atoms with Crippen molar-refractivity contribution in [1.82, 2.24) is 0 Å². The Morgan fingerprint density at radius 2 is 0.946 bits per heavy atom. The third-order valence-electron chi connectivity index (χ3n) is 4.38. The van der Waals surface area contributed by atoms with Gasteiger partial charge in [0, 0.05) is 6.07 Å². The lowest BCUT2D eigenvalue weighted by molar-refractivity contribution is -0.385. The van der Waals surface area contributed by atoms with Crippen LogP contribution in [0.4, 0.5) is 49.6 Å². The summed E-state index contributed by atoms with van der Waals surface area (Å²) in [6.45, 7) is 0. The molecule has 0 saturated heterocycles. The maximum absolute atomic E-state index is 13.7. The molecule has 17 heteroatoms. The first-order valence-electron chi connectivity index (χ1n) is 8.94. The fourth-order valence-electron chi connectivity index (χ4n) is 2.63. The fraction of sp³-hybridized carbons (Fsp3) is 0. The summed E-state index contributed by atoms with van der Waals surface area (Å²) in [5.74, 6) is -33.7. The Bertz CT molecular complexity index is 1450. The molecule has 0 radical (unpaired) electrons. The number of carbonyl (C=O) groups excluding carboxylic acids is 2. The summed E-state index contributed by atoms with van der Waals surface area (Å²) in [7, 11) is 0. The van der Waals surface area contributed by atoms with E-state index >= 15 is 0 Å². The van der Waals surface area contributed by atoms with Gasteiger partial charge in [-0.05, 0) is 12.1 Å². The number of nitro benzene ring substituents is 1. The van der Waals surface area contributed by atoms with Crippen molar-refractivity contribution in [3.05, 3.63) is 97.6 Å². The van der Waals surface area contributed by atoms with Gasteiger partial charge in [0.2, 0.25) is 69.7 Å². The van der Waals surface area contributed by atoms with E-state index in [1.807, 2.05) is 0 Å². The molecule has 0 bridgehead atoms. The fourth-order valence-corrected chi connectivity index (χ4v) is 2.63. The third-order valence-corrected chi connectivity index (χ3v) is 4.38. The van der Waals surface area contributed by atoms with E-state index in [2.05, 4.69) is 9.47 Å². The number of rotatable bonds is 5. The van der Waals surface area contributed by atoms with E-state index in [1.54, 1.807) is 0 Å². The van der Waals surface area contributed by atoms with Crippen LogP contribution in [0.3, 0.4) is 0 Å². The minimum atomic E-state index is -2.60. The maximum atomic E-state index is 13.7. The first kappa shape index (κ1) is 26.9. The van der Waals surface area contributed by atoms with Crippen LogP contribution >= 0.6 is 0 Å². The molecule has 0 saturated carbocycles. The molecule has 0 aliphatic rings. The average molecular weight is 543 g/mol. The Balaban J connectivity index is 1.99. The second-order valence-corrected chi connectivity index (χ2v) is 6.57. The van der Waals surface area contributed by atoms with Gasteiger partial charge >= 0.3 is 11.9 Å². The van der Waals surface area contributed by atoms with Crippen LogP contribution < -0.4 is 9.47 Å². The van der Waals surface area contributed by atoms with E-state index < -0.39 is 103 Å². The van der Waals surface area contributed by atoms with E-state index in [0.29, 0.717) is 12.1 Å². The van der Waals surface area contributed by atoms with Crippen LogP contribution in [0.5, 0.6) is 11.5 Å². The van der Waals surface area contributed by atoms with Crippen LogP contribution in [-0.2, 0) is 0 Å². The first-order chi connectivity index (χ1) is 17.2. The number of nitrogens with zero attached hydrogens (tertiary/aromatic N) is 1. The van der Waals surface area contributed by atoms with Crippen LogP contribution in [-0.4, -0.2) is 16.9 Å². The summed E-state index contributed by atoms with van der Waals surface area (Å²) >= 11 is 0. The molecule has 0 N–H and O–H groups in total. The molecule has 0 aliphatic carbocycles. The minimum Gasteiger partial charge on any atom is -0.416 e.